The molecule has 1 aliphatic heterocycles. The molecule has 1 heterocycles. The highest BCUT2D eigenvalue weighted by molar-refractivity contribution is 5.96. The first kappa shape index (κ1) is 11.7. The standard InChI is InChI=1S/C13H16N2O2/c1-14(2)12-8-11(16)9-6-4-5-7-10(9)13(17)15(12)3/h4-8,13,17H,1-3H3/p+1. The van der Waals surface area contributed by atoms with Crippen LogP contribution >= 0.6 is 0 Å². The number of amidine groups is 1. The molecule has 1 unspecified atom stereocenters. The van der Waals surface area contributed by atoms with E-state index in [1.807, 2.05) is 36.9 Å². The van der Waals surface area contributed by atoms with Gasteiger partial charge in [-0.25, -0.2) is 4.90 Å². The molecule has 0 bridgehead atoms. The molecule has 1 atom stereocenters. The number of aliphatic hydroxyl groups excluding tert-OH is 2. The summed E-state index contributed by atoms with van der Waals surface area (Å²) in [5.41, 5.74) is 1.38. The summed E-state index contributed by atoms with van der Waals surface area (Å²) in [5.74, 6) is 0.930. The molecular formula is C13H17N2O2+. The van der Waals surface area contributed by atoms with Crippen LogP contribution in [0.2, 0.25) is 0 Å². The highest BCUT2D eigenvalue weighted by atomic mass is 16.3. The van der Waals surface area contributed by atoms with Crippen LogP contribution in [0.4, 0.5) is 0 Å². The molecule has 0 radical (unpaired) electrons. The molecule has 0 aromatic heterocycles. The molecule has 0 amide bonds. The normalized spacial score (nSPS) is 19.5. The summed E-state index contributed by atoms with van der Waals surface area (Å²) in [7, 11) is 5.54. The highest BCUT2D eigenvalue weighted by Crippen LogP contribution is 2.28. The van der Waals surface area contributed by atoms with Gasteiger partial charge < -0.3 is 10.2 Å². The molecule has 17 heavy (non-hydrogen) atoms. The lowest BCUT2D eigenvalue weighted by atomic mass is 10.1. The first-order chi connectivity index (χ1) is 8.02. The summed E-state index contributed by atoms with van der Waals surface area (Å²) in [6.45, 7) is 0. The van der Waals surface area contributed by atoms with E-state index in [-0.39, 0.29) is 5.76 Å². The SMILES string of the molecule is CN1C(=[N+](C)C)C=C(O)c2ccccc2C1O. The average Bonchev–Trinajstić information content (AvgIpc) is 2.41. The van der Waals surface area contributed by atoms with Crippen LogP contribution in [0.15, 0.2) is 30.3 Å². The minimum atomic E-state index is -0.760. The highest BCUT2D eigenvalue weighted by Gasteiger charge is 2.30. The third kappa shape index (κ3) is 1.91. The summed E-state index contributed by atoms with van der Waals surface area (Å²) in [4.78, 5) is 1.72. The van der Waals surface area contributed by atoms with E-state index in [4.69, 9.17) is 0 Å². The lowest BCUT2D eigenvalue weighted by Crippen LogP contribution is -2.34. The second kappa shape index (κ2) is 4.22. The number of nitrogens with zero attached hydrogens (tertiary/aromatic N) is 2. The molecule has 0 fully saturated rings. The van der Waals surface area contributed by atoms with Crippen molar-refractivity contribution in [3.05, 3.63) is 41.5 Å². The van der Waals surface area contributed by atoms with Crippen LogP contribution in [0.25, 0.3) is 5.76 Å². The molecule has 4 heteroatoms. The molecule has 1 aromatic rings. The molecule has 0 aliphatic carbocycles. The summed E-state index contributed by atoms with van der Waals surface area (Å²) < 4.78 is 1.85. The number of rotatable bonds is 0. The van der Waals surface area contributed by atoms with E-state index in [0.29, 0.717) is 11.1 Å². The van der Waals surface area contributed by atoms with Crippen molar-refractivity contribution in [3.63, 3.8) is 0 Å². The van der Waals surface area contributed by atoms with E-state index in [1.54, 1.807) is 24.1 Å². The Morgan fingerprint density at radius 1 is 1.24 bits per heavy atom. The zero-order valence-electron chi connectivity index (χ0n) is 10.3. The van der Waals surface area contributed by atoms with Gasteiger partial charge >= 0.3 is 0 Å². The van der Waals surface area contributed by atoms with Crippen molar-refractivity contribution >= 4 is 11.6 Å². The number of hydrogen-bond donors (Lipinski definition) is 2. The summed E-state index contributed by atoms with van der Waals surface area (Å²) >= 11 is 0. The van der Waals surface area contributed by atoms with Crippen LogP contribution in [0.3, 0.4) is 0 Å². The smallest absolute Gasteiger partial charge is 0.277 e. The Kier molecular flexibility index (Phi) is 2.90. The lowest BCUT2D eigenvalue weighted by Gasteiger charge is -2.18. The van der Waals surface area contributed by atoms with Gasteiger partial charge in [0.05, 0.1) is 27.2 Å². The van der Waals surface area contributed by atoms with Crippen LogP contribution in [-0.2, 0) is 0 Å². The van der Waals surface area contributed by atoms with Gasteiger partial charge in [-0.15, -0.1) is 0 Å². The van der Waals surface area contributed by atoms with Crippen LogP contribution in [0.5, 0.6) is 0 Å². The maximum absolute atomic E-state index is 10.3. The van der Waals surface area contributed by atoms with Gasteiger partial charge in [0, 0.05) is 11.1 Å². The fraction of sp³-hybridized carbons (Fsp3) is 0.308. The molecular weight excluding hydrogens is 216 g/mol. The van der Waals surface area contributed by atoms with Crippen molar-refractivity contribution in [2.45, 2.75) is 6.23 Å². The quantitative estimate of drug-likeness (QED) is 0.662. The molecule has 2 N–H and O–H groups in total. The zero-order chi connectivity index (χ0) is 12.6. The average molecular weight is 233 g/mol. The Bertz CT molecular complexity index is 502. The number of aliphatic hydroxyl groups is 2. The first-order valence-corrected chi connectivity index (χ1v) is 5.47. The van der Waals surface area contributed by atoms with Crippen molar-refractivity contribution in [1.82, 2.24) is 4.90 Å². The van der Waals surface area contributed by atoms with E-state index in [1.165, 1.54) is 0 Å². The maximum atomic E-state index is 10.3. The van der Waals surface area contributed by atoms with Gasteiger partial charge in [-0.3, -0.25) is 4.58 Å². The van der Waals surface area contributed by atoms with Crippen molar-refractivity contribution in [2.75, 3.05) is 21.1 Å². The molecule has 0 saturated heterocycles. The van der Waals surface area contributed by atoms with Crippen molar-refractivity contribution in [1.29, 1.82) is 0 Å². The van der Waals surface area contributed by atoms with Gasteiger partial charge in [-0.05, 0) is 0 Å². The second-order valence-electron chi connectivity index (χ2n) is 4.35. The van der Waals surface area contributed by atoms with Gasteiger partial charge in [-0.1, -0.05) is 24.3 Å². The third-order valence-corrected chi connectivity index (χ3v) is 2.97. The molecule has 1 aromatic carbocycles. The lowest BCUT2D eigenvalue weighted by molar-refractivity contribution is -0.470. The summed E-state index contributed by atoms with van der Waals surface area (Å²) in [6, 6.07) is 7.32. The Hall–Kier alpha value is -1.81. The van der Waals surface area contributed by atoms with Gasteiger partial charge in [0.15, 0.2) is 0 Å². The van der Waals surface area contributed by atoms with E-state index >= 15 is 0 Å². The van der Waals surface area contributed by atoms with Gasteiger partial charge in [0.25, 0.3) is 5.84 Å². The van der Waals surface area contributed by atoms with E-state index < -0.39 is 6.23 Å². The molecule has 1 aliphatic rings. The summed E-state index contributed by atoms with van der Waals surface area (Å²) in [5, 5.41) is 20.4. The molecule has 4 nitrogen and oxygen atoms in total. The minimum absolute atomic E-state index is 0.174. The topological polar surface area (TPSA) is 46.7 Å². The van der Waals surface area contributed by atoms with E-state index in [0.717, 1.165) is 5.84 Å². The largest absolute Gasteiger partial charge is 0.507 e. The summed E-state index contributed by atoms with van der Waals surface area (Å²) in [6.07, 6.45) is 0.902. The predicted octanol–water partition coefficient (Wildman–Crippen LogP) is 1.19. The Balaban J connectivity index is 2.66. The minimum Gasteiger partial charge on any atom is -0.507 e. The van der Waals surface area contributed by atoms with E-state index in [2.05, 4.69) is 0 Å². The number of hydrogen-bond acceptors (Lipinski definition) is 2. The van der Waals surface area contributed by atoms with Gasteiger partial charge in [0.2, 0.25) is 6.23 Å². The molecule has 2 rings (SSSR count). The van der Waals surface area contributed by atoms with Crippen LogP contribution in [-0.4, -0.2) is 46.7 Å². The van der Waals surface area contributed by atoms with E-state index in [9.17, 15) is 10.2 Å². The fourth-order valence-electron chi connectivity index (χ4n) is 2.04. The van der Waals surface area contributed by atoms with Gasteiger partial charge in [-0.2, -0.15) is 0 Å². The molecule has 90 valence electrons. The third-order valence-electron chi connectivity index (χ3n) is 2.97. The van der Waals surface area contributed by atoms with Crippen molar-refractivity contribution in [2.24, 2.45) is 0 Å². The predicted molar refractivity (Wildman–Crippen MR) is 66.9 cm³/mol. The first-order valence-electron chi connectivity index (χ1n) is 5.47. The van der Waals surface area contributed by atoms with Crippen LogP contribution < -0.4 is 0 Å². The Morgan fingerprint density at radius 2 is 1.88 bits per heavy atom. The number of likely N-dealkylation sites (N-methyl/N-ethyl adjacent to an activating group) is 1. The molecule has 0 spiro atoms. The van der Waals surface area contributed by atoms with Crippen LogP contribution in [0.1, 0.15) is 17.4 Å². The second-order valence-corrected chi connectivity index (χ2v) is 4.35. The van der Waals surface area contributed by atoms with Crippen LogP contribution in [0, 0.1) is 0 Å². The van der Waals surface area contributed by atoms with Crippen molar-refractivity contribution < 1.29 is 14.8 Å². The zero-order valence-corrected chi connectivity index (χ0v) is 10.3. The fourth-order valence-corrected chi connectivity index (χ4v) is 2.04. The van der Waals surface area contributed by atoms with Crippen molar-refractivity contribution in [3.8, 4) is 0 Å². The monoisotopic (exact) mass is 233 g/mol. The number of benzene rings is 1. The number of fused-ring (bicyclic) bond motifs is 1. The maximum Gasteiger partial charge on any atom is 0.277 e. The molecule has 0 saturated carbocycles. The Morgan fingerprint density at radius 3 is 2.53 bits per heavy atom. The van der Waals surface area contributed by atoms with Gasteiger partial charge in [0.1, 0.15) is 5.76 Å². The Labute approximate surface area is 101 Å².